The van der Waals surface area contributed by atoms with Crippen molar-refractivity contribution in [3.05, 3.63) is 10.4 Å². The molecule has 0 aliphatic rings. The van der Waals surface area contributed by atoms with E-state index in [2.05, 4.69) is 5.32 Å². The first-order valence-corrected chi connectivity index (χ1v) is 8.10. The molecule has 0 fully saturated rings. The second-order valence-corrected chi connectivity index (χ2v) is 6.38. The molecule has 1 rings (SSSR count). The summed E-state index contributed by atoms with van der Waals surface area (Å²) < 4.78 is 15.1. The second kappa shape index (κ2) is 8.73. The minimum atomic E-state index is -0.724. The minimum Gasteiger partial charge on any atom is -0.503 e. The maximum absolute atomic E-state index is 12.1. The molecule has 0 unspecified atom stereocenters. The number of nitrogens with one attached hydrogen (secondary N) is 1. The lowest BCUT2D eigenvalue weighted by Crippen LogP contribution is -2.29. The van der Waals surface area contributed by atoms with Gasteiger partial charge in [0.25, 0.3) is 0 Å². The van der Waals surface area contributed by atoms with E-state index in [9.17, 15) is 14.7 Å². The van der Waals surface area contributed by atoms with Gasteiger partial charge < -0.3 is 24.6 Å². The Morgan fingerprint density at radius 2 is 1.91 bits per heavy atom. The van der Waals surface area contributed by atoms with Crippen LogP contribution in [0.2, 0.25) is 0 Å². The zero-order chi connectivity index (χ0) is 17.6. The lowest BCUT2D eigenvalue weighted by Gasteiger charge is -2.10. The Balaban J connectivity index is 2.97. The summed E-state index contributed by atoms with van der Waals surface area (Å²) in [6.07, 6.45) is -1.01. The van der Waals surface area contributed by atoms with Gasteiger partial charge in [-0.05, 0) is 19.8 Å². The molecule has 1 amide bonds. The third-order valence-electron chi connectivity index (χ3n) is 2.75. The third kappa shape index (κ3) is 5.40. The van der Waals surface area contributed by atoms with E-state index in [0.717, 1.165) is 11.3 Å². The Labute approximate surface area is 139 Å². The van der Waals surface area contributed by atoms with E-state index in [1.165, 1.54) is 7.11 Å². The molecular formula is C15H23NO6S. The monoisotopic (exact) mass is 345 g/mol. The fraction of sp³-hybridized carbons (Fsp3) is 0.600. The van der Waals surface area contributed by atoms with Crippen LogP contribution in [0.1, 0.15) is 48.8 Å². The molecule has 8 heteroatoms. The SMILES string of the molecule is COCCNC(=O)Oc1sc(C(=O)OC(C)C)c(C(C)C)c1O. The molecule has 0 saturated carbocycles. The maximum atomic E-state index is 12.1. The highest BCUT2D eigenvalue weighted by atomic mass is 32.1. The summed E-state index contributed by atoms with van der Waals surface area (Å²) in [5.41, 5.74) is 0.417. The molecule has 0 aliphatic carbocycles. The standard InChI is InChI=1S/C15H23NO6S/c1-8(2)10-11(17)14(22-15(19)16-6-7-20-5)23-12(10)13(18)21-9(3)4/h8-9,17H,6-7H2,1-5H3,(H,16,19). The van der Waals surface area contributed by atoms with E-state index in [-0.39, 0.29) is 34.3 Å². The number of thiophene rings is 1. The van der Waals surface area contributed by atoms with Crippen molar-refractivity contribution in [2.24, 2.45) is 0 Å². The highest BCUT2D eigenvalue weighted by Crippen LogP contribution is 2.45. The van der Waals surface area contributed by atoms with Gasteiger partial charge in [0.1, 0.15) is 4.88 Å². The van der Waals surface area contributed by atoms with Crippen LogP contribution in [0.3, 0.4) is 0 Å². The summed E-state index contributed by atoms with van der Waals surface area (Å²) in [4.78, 5) is 24.1. The molecule has 7 nitrogen and oxygen atoms in total. The van der Waals surface area contributed by atoms with Crippen molar-refractivity contribution in [3.8, 4) is 10.8 Å². The molecule has 1 aromatic heterocycles. The first-order chi connectivity index (χ1) is 10.8. The highest BCUT2D eigenvalue weighted by Gasteiger charge is 2.28. The molecule has 0 aromatic carbocycles. The molecule has 1 aromatic rings. The first-order valence-electron chi connectivity index (χ1n) is 7.29. The molecule has 0 atom stereocenters. The number of amides is 1. The zero-order valence-electron chi connectivity index (χ0n) is 14.0. The molecule has 1 heterocycles. The molecule has 0 radical (unpaired) electrons. The number of hydrogen-bond acceptors (Lipinski definition) is 7. The van der Waals surface area contributed by atoms with Crippen molar-refractivity contribution in [1.82, 2.24) is 5.32 Å². The summed E-state index contributed by atoms with van der Waals surface area (Å²) in [6, 6.07) is 0. The Morgan fingerprint density at radius 1 is 1.26 bits per heavy atom. The lowest BCUT2D eigenvalue weighted by atomic mass is 10.0. The van der Waals surface area contributed by atoms with Crippen molar-refractivity contribution < 1.29 is 28.9 Å². The zero-order valence-corrected chi connectivity index (χ0v) is 14.8. The predicted octanol–water partition coefficient (Wildman–Crippen LogP) is 2.88. The topological polar surface area (TPSA) is 94.1 Å². The Morgan fingerprint density at radius 3 is 2.43 bits per heavy atom. The molecular weight excluding hydrogens is 322 g/mol. The largest absolute Gasteiger partial charge is 0.503 e. The van der Waals surface area contributed by atoms with Gasteiger partial charge in [-0.1, -0.05) is 25.2 Å². The second-order valence-electron chi connectivity index (χ2n) is 5.40. The maximum Gasteiger partial charge on any atom is 0.413 e. The number of carbonyl (C=O) groups is 2. The Bertz CT molecular complexity index is 552. The van der Waals surface area contributed by atoms with Crippen molar-refractivity contribution in [2.45, 2.75) is 39.7 Å². The van der Waals surface area contributed by atoms with Crippen LogP contribution in [0.25, 0.3) is 0 Å². The fourth-order valence-electron chi connectivity index (χ4n) is 1.81. The Hall–Kier alpha value is -1.80. The highest BCUT2D eigenvalue weighted by molar-refractivity contribution is 7.16. The van der Waals surface area contributed by atoms with Crippen molar-refractivity contribution in [1.29, 1.82) is 0 Å². The molecule has 130 valence electrons. The summed E-state index contributed by atoms with van der Waals surface area (Å²) >= 11 is 0.893. The molecule has 0 spiro atoms. The van der Waals surface area contributed by atoms with Gasteiger partial charge in [-0.15, -0.1) is 0 Å². The summed E-state index contributed by atoms with van der Waals surface area (Å²) in [5, 5.41) is 12.7. The lowest BCUT2D eigenvalue weighted by molar-refractivity contribution is 0.0382. The smallest absolute Gasteiger partial charge is 0.413 e. The van der Waals surface area contributed by atoms with Crippen LogP contribution in [0.15, 0.2) is 0 Å². The van der Waals surface area contributed by atoms with E-state index in [1.54, 1.807) is 13.8 Å². The summed E-state index contributed by atoms with van der Waals surface area (Å²) in [6.45, 7) is 7.75. The quantitative estimate of drug-likeness (QED) is 0.583. The van der Waals surface area contributed by atoms with E-state index in [0.29, 0.717) is 12.2 Å². The van der Waals surface area contributed by atoms with Gasteiger partial charge in [-0.3, -0.25) is 0 Å². The van der Waals surface area contributed by atoms with E-state index >= 15 is 0 Å². The van der Waals surface area contributed by atoms with Crippen LogP contribution in [0.5, 0.6) is 10.8 Å². The summed E-state index contributed by atoms with van der Waals surface area (Å²) in [5.74, 6) is -0.879. The number of esters is 1. The van der Waals surface area contributed by atoms with Crippen LogP contribution in [0.4, 0.5) is 4.79 Å². The van der Waals surface area contributed by atoms with Crippen LogP contribution in [-0.2, 0) is 9.47 Å². The van der Waals surface area contributed by atoms with Gasteiger partial charge in [-0.2, -0.15) is 0 Å². The van der Waals surface area contributed by atoms with E-state index in [4.69, 9.17) is 14.2 Å². The van der Waals surface area contributed by atoms with Gasteiger partial charge in [0, 0.05) is 19.2 Å². The van der Waals surface area contributed by atoms with Gasteiger partial charge in [0.2, 0.25) is 5.06 Å². The normalized spacial score (nSPS) is 10.9. The molecule has 23 heavy (non-hydrogen) atoms. The number of carbonyl (C=O) groups excluding carboxylic acids is 2. The molecule has 0 aliphatic heterocycles. The van der Waals surface area contributed by atoms with Crippen molar-refractivity contribution in [2.75, 3.05) is 20.3 Å². The first kappa shape index (κ1) is 19.2. The number of aromatic hydroxyl groups is 1. The van der Waals surface area contributed by atoms with Crippen LogP contribution in [-0.4, -0.2) is 43.5 Å². The fourth-order valence-corrected chi connectivity index (χ4v) is 2.90. The number of rotatable bonds is 7. The van der Waals surface area contributed by atoms with Gasteiger partial charge in [0.05, 0.1) is 12.7 Å². The van der Waals surface area contributed by atoms with Crippen molar-refractivity contribution in [3.63, 3.8) is 0 Å². The van der Waals surface area contributed by atoms with Crippen molar-refractivity contribution >= 4 is 23.4 Å². The van der Waals surface area contributed by atoms with Crippen LogP contribution >= 0.6 is 11.3 Å². The van der Waals surface area contributed by atoms with E-state index < -0.39 is 12.1 Å². The van der Waals surface area contributed by atoms with Gasteiger partial charge >= 0.3 is 12.1 Å². The molecule has 0 bridgehead atoms. The molecule has 2 N–H and O–H groups in total. The predicted molar refractivity (Wildman–Crippen MR) is 86.5 cm³/mol. The summed E-state index contributed by atoms with van der Waals surface area (Å²) in [7, 11) is 1.51. The average molecular weight is 345 g/mol. The minimum absolute atomic E-state index is 0.0284. The Kier molecular flexibility index (Phi) is 7.31. The van der Waals surface area contributed by atoms with Gasteiger partial charge in [0.15, 0.2) is 5.75 Å². The number of methoxy groups -OCH3 is 1. The van der Waals surface area contributed by atoms with Gasteiger partial charge in [-0.25, -0.2) is 9.59 Å². The van der Waals surface area contributed by atoms with E-state index in [1.807, 2.05) is 13.8 Å². The molecule has 0 saturated heterocycles. The number of ether oxygens (including phenoxy) is 3. The van der Waals surface area contributed by atoms with Crippen LogP contribution < -0.4 is 10.1 Å². The van der Waals surface area contributed by atoms with Crippen LogP contribution in [0, 0.1) is 0 Å². The third-order valence-corrected chi connectivity index (χ3v) is 3.81. The number of hydrogen-bond donors (Lipinski definition) is 2. The average Bonchev–Trinajstić information content (AvgIpc) is 2.76.